The first-order chi connectivity index (χ1) is 9.84. The van der Waals surface area contributed by atoms with E-state index in [0.29, 0.717) is 24.0 Å². The van der Waals surface area contributed by atoms with Crippen molar-refractivity contribution in [1.82, 2.24) is 4.72 Å². The number of benzene rings is 1. The van der Waals surface area contributed by atoms with Gasteiger partial charge in [0.2, 0.25) is 10.0 Å². The Morgan fingerprint density at radius 2 is 2.00 bits per heavy atom. The molecule has 0 spiro atoms. The van der Waals surface area contributed by atoms with Gasteiger partial charge in [-0.25, -0.2) is 13.1 Å². The highest BCUT2D eigenvalue weighted by molar-refractivity contribution is 7.88. The van der Waals surface area contributed by atoms with E-state index < -0.39 is 21.9 Å². The summed E-state index contributed by atoms with van der Waals surface area (Å²) in [4.78, 5) is 10.6. The van der Waals surface area contributed by atoms with E-state index >= 15 is 0 Å². The number of hydrogen-bond acceptors (Lipinski definition) is 4. The van der Waals surface area contributed by atoms with Crippen LogP contribution in [-0.4, -0.2) is 26.0 Å². The number of nitrogens with zero attached hydrogens (tertiary/aromatic N) is 1. The van der Waals surface area contributed by atoms with Gasteiger partial charge in [0.05, 0.1) is 23.3 Å². The van der Waals surface area contributed by atoms with Crippen LogP contribution in [0.2, 0.25) is 0 Å². The number of aliphatic carboxylic acids is 1. The smallest absolute Gasteiger partial charge is 0.306 e. The molecule has 1 atom stereocenters. The van der Waals surface area contributed by atoms with Gasteiger partial charge in [0.1, 0.15) is 0 Å². The summed E-state index contributed by atoms with van der Waals surface area (Å²) < 4.78 is 26.1. The average Bonchev–Trinajstić information content (AvgIpc) is 2.43. The van der Waals surface area contributed by atoms with Gasteiger partial charge in [0.25, 0.3) is 0 Å². The highest BCUT2D eigenvalue weighted by atomic mass is 32.2. The molecule has 1 rings (SSSR count). The summed E-state index contributed by atoms with van der Waals surface area (Å²) in [5.74, 6) is -1.52. The van der Waals surface area contributed by atoms with Gasteiger partial charge in [0.15, 0.2) is 0 Å². The van der Waals surface area contributed by atoms with Crippen LogP contribution in [0.1, 0.15) is 30.9 Å². The number of nitrogens with one attached hydrogen (secondary N) is 1. The standard InChI is InChI=1S/C14H18N2O4S/c1-11(14(17)18)3-2-8-16-21(19,20)10-13-6-4-12(9-15)5-7-13/h4-7,11,16H,2-3,8,10H2,1H3,(H,17,18). The van der Waals surface area contributed by atoms with E-state index in [2.05, 4.69) is 4.72 Å². The molecule has 1 aromatic rings. The van der Waals surface area contributed by atoms with E-state index in [0.717, 1.165) is 0 Å². The second-order valence-corrected chi connectivity index (χ2v) is 6.65. The minimum atomic E-state index is -3.45. The van der Waals surface area contributed by atoms with E-state index in [4.69, 9.17) is 10.4 Å². The summed E-state index contributed by atoms with van der Waals surface area (Å²) in [6.07, 6.45) is 0.898. The van der Waals surface area contributed by atoms with Crippen molar-refractivity contribution in [2.75, 3.05) is 6.54 Å². The van der Waals surface area contributed by atoms with E-state index in [-0.39, 0.29) is 12.3 Å². The summed E-state index contributed by atoms with van der Waals surface area (Å²) in [7, 11) is -3.45. The zero-order valence-corrected chi connectivity index (χ0v) is 12.6. The molecule has 0 aliphatic rings. The van der Waals surface area contributed by atoms with Gasteiger partial charge in [-0.05, 0) is 30.5 Å². The fraction of sp³-hybridized carbons (Fsp3) is 0.429. The van der Waals surface area contributed by atoms with Crippen molar-refractivity contribution in [3.8, 4) is 6.07 Å². The van der Waals surface area contributed by atoms with E-state index in [1.165, 1.54) is 0 Å². The number of sulfonamides is 1. The molecule has 1 unspecified atom stereocenters. The lowest BCUT2D eigenvalue weighted by Crippen LogP contribution is -2.26. The highest BCUT2D eigenvalue weighted by Crippen LogP contribution is 2.08. The maximum absolute atomic E-state index is 11.8. The molecule has 6 nitrogen and oxygen atoms in total. The molecule has 0 fully saturated rings. The molecule has 0 aliphatic carbocycles. The van der Waals surface area contributed by atoms with Crippen LogP contribution in [0.15, 0.2) is 24.3 Å². The molecule has 21 heavy (non-hydrogen) atoms. The molecular weight excluding hydrogens is 292 g/mol. The topological polar surface area (TPSA) is 107 Å². The highest BCUT2D eigenvalue weighted by Gasteiger charge is 2.13. The molecule has 0 heterocycles. The fourth-order valence-electron chi connectivity index (χ4n) is 1.71. The Balaban J connectivity index is 2.43. The quantitative estimate of drug-likeness (QED) is 0.707. The van der Waals surface area contributed by atoms with Gasteiger partial charge in [0, 0.05) is 6.54 Å². The van der Waals surface area contributed by atoms with E-state index in [1.54, 1.807) is 31.2 Å². The Morgan fingerprint density at radius 3 is 2.52 bits per heavy atom. The normalized spacial score (nSPS) is 12.6. The first kappa shape index (κ1) is 17.1. The lowest BCUT2D eigenvalue weighted by Gasteiger charge is -2.08. The number of hydrogen-bond donors (Lipinski definition) is 2. The summed E-state index contributed by atoms with van der Waals surface area (Å²) in [6.45, 7) is 1.81. The van der Waals surface area contributed by atoms with Crippen molar-refractivity contribution in [2.24, 2.45) is 5.92 Å². The lowest BCUT2D eigenvalue weighted by atomic mass is 10.1. The maximum Gasteiger partial charge on any atom is 0.306 e. The molecule has 0 saturated heterocycles. The lowest BCUT2D eigenvalue weighted by molar-refractivity contribution is -0.141. The van der Waals surface area contributed by atoms with Crippen LogP contribution >= 0.6 is 0 Å². The molecule has 7 heteroatoms. The Labute approximate surface area is 124 Å². The van der Waals surface area contributed by atoms with Crippen LogP contribution in [0, 0.1) is 17.2 Å². The first-order valence-electron chi connectivity index (χ1n) is 6.53. The third-order valence-electron chi connectivity index (χ3n) is 3.00. The van der Waals surface area contributed by atoms with Gasteiger partial charge in [-0.15, -0.1) is 0 Å². The molecule has 2 N–H and O–H groups in total. The van der Waals surface area contributed by atoms with Crippen molar-refractivity contribution < 1.29 is 18.3 Å². The molecule has 0 radical (unpaired) electrons. The molecule has 0 aromatic heterocycles. The minimum Gasteiger partial charge on any atom is -0.481 e. The largest absolute Gasteiger partial charge is 0.481 e. The van der Waals surface area contributed by atoms with Gasteiger partial charge >= 0.3 is 5.97 Å². The van der Waals surface area contributed by atoms with Crippen LogP contribution in [0.5, 0.6) is 0 Å². The number of carboxylic acids is 1. The first-order valence-corrected chi connectivity index (χ1v) is 8.18. The molecule has 114 valence electrons. The summed E-state index contributed by atoms with van der Waals surface area (Å²) in [5.41, 5.74) is 1.08. The third kappa shape index (κ3) is 6.38. The van der Waals surface area contributed by atoms with Gasteiger partial charge in [-0.2, -0.15) is 5.26 Å². The zero-order valence-electron chi connectivity index (χ0n) is 11.7. The predicted molar refractivity (Wildman–Crippen MR) is 77.8 cm³/mol. The van der Waals surface area contributed by atoms with Crippen molar-refractivity contribution in [1.29, 1.82) is 5.26 Å². The monoisotopic (exact) mass is 310 g/mol. The van der Waals surface area contributed by atoms with Gasteiger partial charge in [-0.1, -0.05) is 19.1 Å². The van der Waals surface area contributed by atoms with Crippen molar-refractivity contribution in [2.45, 2.75) is 25.5 Å². The summed E-state index contributed by atoms with van der Waals surface area (Å²) >= 11 is 0. The van der Waals surface area contributed by atoms with Crippen LogP contribution < -0.4 is 4.72 Å². The van der Waals surface area contributed by atoms with Crippen molar-refractivity contribution >= 4 is 16.0 Å². The SMILES string of the molecule is CC(CCCNS(=O)(=O)Cc1ccc(C#N)cc1)C(=O)O. The Bertz CT molecular complexity index is 617. The second-order valence-electron chi connectivity index (χ2n) is 4.84. The van der Waals surface area contributed by atoms with Gasteiger partial charge in [-0.3, -0.25) is 4.79 Å². The second kappa shape index (κ2) is 7.76. The Kier molecular flexibility index (Phi) is 6.34. The number of carboxylic acid groups (broad SMARTS) is 1. The van der Waals surface area contributed by atoms with Crippen molar-refractivity contribution in [3.63, 3.8) is 0 Å². The van der Waals surface area contributed by atoms with Crippen LogP contribution in [0.4, 0.5) is 0 Å². The number of nitriles is 1. The average molecular weight is 310 g/mol. The Morgan fingerprint density at radius 1 is 1.38 bits per heavy atom. The molecule has 0 amide bonds. The predicted octanol–water partition coefficient (Wildman–Crippen LogP) is 1.48. The molecule has 0 aliphatic heterocycles. The molecular formula is C14H18N2O4S. The number of rotatable bonds is 8. The summed E-state index contributed by atoms with van der Waals surface area (Å²) in [5, 5.41) is 17.4. The van der Waals surface area contributed by atoms with E-state index in [1.807, 2.05) is 6.07 Å². The van der Waals surface area contributed by atoms with E-state index in [9.17, 15) is 13.2 Å². The van der Waals surface area contributed by atoms with Crippen molar-refractivity contribution in [3.05, 3.63) is 35.4 Å². The molecule has 0 saturated carbocycles. The Hall–Kier alpha value is -1.91. The van der Waals surface area contributed by atoms with Crippen LogP contribution in [0.25, 0.3) is 0 Å². The number of carbonyl (C=O) groups is 1. The summed E-state index contributed by atoms with van der Waals surface area (Å²) in [6, 6.07) is 8.31. The van der Waals surface area contributed by atoms with Crippen LogP contribution in [-0.2, 0) is 20.6 Å². The maximum atomic E-state index is 11.8. The molecule has 0 bridgehead atoms. The third-order valence-corrected chi connectivity index (χ3v) is 4.35. The minimum absolute atomic E-state index is 0.160. The zero-order chi connectivity index (χ0) is 15.9. The fourth-order valence-corrected chi connectivity index (χ4v) is 2.89. The molecule has 1 aromatic carbocycles. The van der Waals surface area contributed by atoms with Gasteiger partial charge < -0.3 is 5.11 Å². The van der Waals surface area contributed by atoms with Crippen LogP contribution in [0.3, 0.4) is 0 Å².